The number of nitrogens with zero attached hydrogens (tertiary/aromatic N) is 1. The maximum Gasteiger partial charge on any atom is 0.305 e. The molecule has 5 heteroatoms. The van der Waals surface area contributed by atoms with Gasteiger partial charge in [-0.05, 0) is 42.7 Å². The van der Waals surface area contributed by atoms with Crippen LogP contribution in [0.2, 0.25) is 0 Å². The van der Waals surface area contributed by atoms with Crippen LogP contribution in [-0.2, 0) is 4.79 Å². The standard InChI is InChI=1S/C17H18N2O3/c1-11-7-8-18-15(9-11)17(22)19-14(10-16(20)21)13-6-4-3-5-12(13)2/h3-9,14H,10H2,1-2H3,(H,19,22)(H,20,21)/t14-/m0/s1. The molecule has 1 aromatic carbocycles. The molecule has 0 saturated carbocycles. The van der Waals surface area contributed by atoms with Gasteiger partial charge < -0.3 is 10.4 Å². The summed E-state index contributed by atoms with van der Waals surface area (Å²) in [6, 6.07) is 10.3. The Labute approximate surface area is 129 Å². The minimum Gasteiger partial charge on any atom is -0.481 e. The average Bonchev–Trinajstić information content (AvgIpc) is 2.46. The highest BCUT2D eigenvalue weighted by Crippen LogP contribution is 2.21. The number of nitrogens with one attached hydrogen (secondary N) is 1. The minimum atomic E-state index is -0.967. The lowest BCUT2D eigenvalue weighted by Crippen LogP contribution is -2.31. The van der Waals surface area contributed by atoms with Crippen LogP contribution in [0.25, 0.3) is 0 Å². The van der Waals surface area contributed by atoms with Crippen molar-refractivity contribution in [3.8, 4) is 0 Å². The molecule has 0 spiro atoms. The fourth-order valence-corrected chi connectivity index (χ4v) is 2.28. The Balaban J connectivity index is 2.25. The van der Waals surface area contributed by atoms with Crippen molar-refractivity contribution >= 4 is 11.9 Å². The molecule has 2 N–H and O–H groups in total. The number of carbonyl (C=O) groups is 2. The first kappa shape index (κ1) is 15.7. The minimum absolute atomic E-state index is 0.178. The van der Waals surface area contributed by atoms with Crippen molar-refractivity contribution in [2.24, 2.45) is 0 Å². The van der Waals surface area contributed by atoms with Gasteiger partial charge in [-0.1, -0.05) is 24.3 Å². The predicted molar refractivity (Wildman–Crippen MR) is 82.6 cm³/mol. The topological polar surface area (TPSA) is 79.3 Å². The van der Waals surface area contributed by atoms with E-state index in [1.807, 2.05) is 38.1 Å². The van der Waals surface area contributed by atoms with E-state index in [9.17, 15) is 9.59 Å². The van der Waals surface area contributed by atoms with Crippen LogP contribution >= 0.6 is 0 Å². The van der Waals surface area contributed by atoms with Gasteiger partial charge in [0.15, 0.2) is 0 Å². The molecule has 1 aromatic heterocycles. The molecule has 114 valence electrons. The third kappa shape index (κ3) is 3.91. The number of benzene rings is 1. The molecule has 1 atom stereocenters. The molecule has 0 radical (unpaired) electrons. The van der Waals surface area contributed by atoms with Gasteiger partial charge in [-0.15, -0.1) is 0 Å². The number of aryl methyl sites for hydroxylation is 2. The van der Waals surface area contributed by atoms with Gasteiger partial charge in [0, 0.05) is 6.20 Å². The highest BCUT2D eigenvalue weighted by molar-refractivity contribution is 5.93. The second-order valence-corrected chi connectivity index (χ2v) is 5.20. The number of carboxylic acid groups (broad SMARTS) is 1. The molecule has 0 aliphatic rings. The summed E-state index contributed by atoms with van der Waals surface area (Å²) in [6.45, 7) is 3.76. The Kier molecular flexibility index (Phi) is 4.88. The Morgan fingerprint density at radius 1 is 1.23 bits per heavy atom. The van der Waals surface area contributed by atoms with Gasteiger partial charge in [0.1, 0.15) is 5.69 Å². The summed E-state index contributed by atoms with van der Waals surface area (Å²) in [4.78, 5) is 27.4. The van der Waals surface area contributed by atoms with E-state index >= 15 is 0 Å². The van der Waals surface area contributed by atoms with E-state index in [0.29, 0.717) is 0 Å². The Hall–Kier alpha value is -2.69. The summed E-state index contributed by atoms with van der Waals surface area (Å²) < 4.78 is 0. The number of aliphatic carboxylic acids is 1. The van der Waals surface area contributed by atoms with Crippen molar-refractivity contribution in [3.63, 3.8) is 0 Å². The second-order valence-electron chi connectivity index (χ2n) is 5.20. The molecule has 22 heavy (non-hydrogen) atoms. The number of carboxylic acids is 1. The highest BCUT2D eigenvalue weighted by atomic mass is 16.4. The normalized spacial score (nSPS) is 11.7. The number of rotatable bonds is 5. The average molecular weight is 298 g/mol. The van der Waals surface area contributed by atoms with Crippen LogP contribution in [0.15, 0.2) is 42.6 Å². The summed E-state index contributed by atoms with van der Waals surface area (Å²) in [7, 11) is 0. The predicted octanol–water partition coefficient (Wildman–Crippen LogP) is 2.64. The van der Waals surface area contributed by atoms with E-state index in [0.717, 1.165) is 16.7 Å². The van der Waals surface area contributed by atoms with E-state index in [4.69, 9.17) is 5.11 Å². The van der Waals surface area contributed by atoms with Crippen LogP contribution < -0.4 is 5.32 Å². The van der Waals surface area contributed by atoms with E-state index in [1.165, 1.54) is 0 Å². The van der Waals surface area contributed by atoms with Crippen molar-refractivity contribution in [2.75, 3.05) is 0 Å². The van der Waals surface area contributed by atoms with E-state index < -0.39 is 12.0 Å². The van der Waals surface area contributed by atoms with Gasteiger partial charge in [0.2, 0.25) is 0 Å². The Morgan fingerprint density at radius 2 is 1.95 bits per heavy atom. The van der Waals surface area contributed by atoms with Crippen molar-refractivity contribution in [1.82, 2.24) is 10.3 Å². The van der Waals surface area contributed by atoms with Gasteiger partial charge in [-0.3, -0.25) is 14.6 Å². The largest absolute Gasteiger partial charge is 0.481 e. The summed E-state index contributed by atoms with van der Waals surface area (Å²) in [5, 5.41) is 11.9. The summed E-state index contributed by atoms with van der Waals surface area (Å²) in [5.74, 6) is -1.34. The van der Waals surface area contributed by atoms with Crippen molar-refractivity contribution in [1.29, 1.82) is 0 Å². The third-order valence-electron chi connectivity index (χ3n) is 3.40. The lowest BCUT2D eigenvalue weighted by molar-refractivity contribution is -0.137. The smallest absolute Gasteiger partial charge is 0.305 e. The molecule has 0 aliphatic carbocycles. The number of hydrogen-bond donors (Lipinski definition) is 2. The second kappa shape index (κ2) is 6.85. The Morgan fingerprint density at radius 3 is 2.59 bits per heavy atom. The van der Waals surface area contributed by atoms with Crippen LogP contribution in [0.4, 0.5) is 0 Å². The van der Waals surface area contributed by atoms with Gasteiger partial charge in [0.25, 0.3) is 5.91 Å². The molecule has 0 bridgehead atoms. The summed E-state index contributed by atoms with van der Waals surface area (Å²) >= 11 is 0. The molecular weight excluding hydrogens is 280 g/mol. The number of carbonyl (C=O) groups excluding carboxylic acids is 1. The molecule has 2 aromatic rings. The maximum atomic E-state index is 12.3. The Bertz CT molecular complexity index is 698. The third-order valence-corrected chi connectivity index (χ3v) is 3.40. The molecule has 2 rings (SSSR count). The van der Waals surface area contributed by atoms with E-state index in [2.05, 4.69) is 10.3 Å². The van der Waals surface area contributed by atoms with Crippen molar-refractivity contribution in [3.05, 3.63) is 65.0 Å². The maximum absolute atomic E-state index is 12.3. The highest BCUT2D eigenvalue weighted by Gasteiger charge is 2.20. The summed E-state index contributed by atoms with van der Waals surface area (Å²) in [5.41, 5.74) is 2.94. The number of aromatic nitrogens is 1. The first-order chi connectivity index (χ1) is 10.5. The van der Waals surface area contributed by atoms with Gasteiger partial charge in [0.05, 0.1) is 12.5 Å². The molecule has 5 nitrogen and oxygen atoms in total. The molecule has 0 aliphatic heterocycles. The lowest BCUT2D eigenvalue weighted by Gasteiger charge is -2.19. The molecule has 0 saturated heterocycles. The fourth-order valence-electron chi connectivity index (χ4n) is 2.28. The number of pyridine rings is 1. The SMILES string of the molecule is Cc1ccnc(C(=O)N[C@@H](CC(=O)O)c2ccccc2C)c1. The molecule has 1 amide bonds. The number of amides is 1. The first-order valence-corrected chi connectivity index (χ1v) is 6.98. The lowest BCUT2D eigenvalue weighted by atomic mass is 9.98. The molecule has 0 fully saturated rings. The fraction of sp³-hybridized carbons (Fsp3) is 0.235. The molecular formula is C17H18N2O3. The molecule has 1 heterocycles. The van der Waals surface area contributed by atoms with Crippen molar-refractivity contribution in [2.45, 2.75) is 26.3 Å². The number of hydrogen-bond acceptors (Lipinski definition) is 3. The molecule has 0 unspecified atom stereocenters. The van der Waals surface area contributed by atoms with E-state index in [-0.39, 0.29) is 18.0 Å². The van der Waals surface area contributed by atoms with E-state index in [1.54, 1.807) is 18.3 Å². The zero-order valence-electron chi connectivity index (χ0n) is 12.5. The zero-order valence-corrected chi connectivity index (χ0v) is 12.5. The van der Waals surface area contributed by atoms with Gasteiger partial charge in [-0.25, -0.2) is 0 Å². The van der Waals surface area contributed by atoms with Gasteiger partial charge in [-0.2, -0.15) is 0 Å². The summed E-state index contributed by atoms with van der Waals surface area (Å²) in [6.07, 6.45) is 1.38. The first-order valence-electron chi connectivity index (χ1n) is 6.98. The monoisotopic (exact) mass is 298 g/mol. The van der Waals surface area contributed by atoms with Gasteiger partial charge >= 0.3 is 5.97 Å². The van der Waals surface area contributed by atoms with Crippen LogP contribution in [0.3, 0.4) is 0 Å². The van der Waals surface area contributed by atoms with Crippen LogP contribution in [0.1, 0.15) is 39.6 Å². The van der Waals surface area contributed by atoms with Crippen LogP contribution in [-0.4, -0.2) is 22.0 Å². The quantitative estimate of drug-likeness (QED) is 0.889. The van der Waals surface area contributed by atoms with Crippen LogP contribution in [0.5, 0.6) is 0 Å². The zero-order chi connectivity index (χ0) is 16.1. The van der Waals surface area contributed by atoms with Crippen molar-refractivity contribution < 1.29 is 14.7 Å². The van der Waals surface area contributed by atoms with Crippen LogP contribution in [0, 0.1) is 13.8 Å².